The van der Waals surface area contributed by atoms with Crippen LogP contribution in [0.3, 0.4) is 0 Å². The van der Waals surface area contributed by atoms with E-state index in [9.17, 15) is 0 Å². The van der Waals surface area contributed by atoms with Crippen LogP contribution in [0, 0.1) is 18.8 Å². The summed E-state index contributed by atoms with van der Waals surface area (Å²) in [6, 6.07) is 8.54. The Bertz CT molecular complexity index is 394. The van der Waals surface area contributed by atoms with E-state index in [-0.39, 0.29) is 0 Å². The van der Waals surface area contributed by atoms with Gasteiger partial charge in [-0.3, -0.25) is 0 Å². The van der Waals surface area contributed by atoms with Gasteiger partial charge >= 0.3 is 0 Å². The molecule has 2 atom stereocenters. The van der Waals surface area contributed by atoms with Crippen LogP contribution in [-0.2, 0) is 6.54 Å². The zero-order chi connectivity index (χ0) is 12.3. The van der Waals surface area contributed by atoms with Crippen LogP contribution in [0.15, 0.2) is 36.5 Å². The third kappa shape index (κ3) is 2.91. The van der Waals surface area contributed by atoms with E-state index in [0.717, 1.165) is 12.5 Å². The molecular weight excluding hydrogens is 206 g/mol. The van der Waals surface area contributed by atoms with Crippen LogP contribution in [0.4, 0.5) is 0 Å². The van der Waals surface area contributed by atoms with Crippen molar-refractivity contribution in [3.63, 3.8) is 0 Å². The van der Waals surface area contributed by atoms with Crippen molar-refractivity contribution in [3.8, 4) is 0 Å². The summed E-state index contributed by atoms with van der Waals surface area (Å²) in [6.45, 7) is 9.64. The van der Waals surface area contributed by atoms with Gasteiger partial charge in [-0.1, -0.05) is 50.6 Å². The fourth-order valence-electron chi connectivity index (χ4n) is 2.81. The second-order valence-electron chi connectivity index (χ2n) is 5.32. The lowest BCUT2D eigenvalue weighted by Crippen LogP contribution is -2.21. The number of hydrogen-bond donors (Lipinski definition) is 1. The molecule has 1 aromatic rings. The van der Waals surface area contributed by atoms with Crippen molar-refractivity contribution >= 4 is 0 Å². The highest BCUT2D eigenvalue weighted by molar-refractivity contribution is 5.25. The maximum absolute atomic E-state index is 4.22. The van der Waals surface area contributed by atoms with Gasteiger partial charge in [0.05, 0.1) is 0 Å². The highest BCUT2D eigenvalue weighted by atomic mass is 14.9. The summed E-state index contributed by atoms with van der Waals surface area (Å²) in [6.07, 6.45) is 4.02. The van der Waals surface area contributed by atoms with Gasteiger partial charge in [0.15, 0.2) is 0 Å². The number of benzene rings is 1. The molecule has 1 heteroatoms. The maximum Gasteiger partial charge on any atom is 0.0400 e. The van der Waals surface area contributed by atoms with Crippen molar-refractivity contribution in [2.24, 2.45) is 11.8 Å². The molecule has 0 aliphatic heterocycles. The van der Waals surface area contributed by atoms with E-state index in [1.54, 1.807) is 0 Å². The van der Waals surface area contributed by atoms with Crippen molar-refractivity contribution in [2.75, 3.05) is 0 Å². The Morgan fingerprint density at radius 2 is 2.12 bits per heavy atom. The summed E-state index contributed by atoms with van der Waals surface area (Å²) in [4.78, 5) is 0. The molecule has 0 bridgehead atoms. The van der Waals surface area contributed by atoms with Gasteiger partial charge in [0.2, 0.25) is 0 Å². The van der Waals surface area contributed by atoms with E-state index in [1.807, 2.05) is 0 Å². The fraction of sp³-hybridized carbons (Fsp3) is 0.500. The number of rotatable bonds is 4. The van der Waals surface area contributed by atoms with E-state index >= 15 is 0 Å². The van der Waals surface area contributed by atoms with Crippen LogP contribution in [0.1, 0.15) is 37.3 Å². The van der Waals surface area contributed by atoms with Crippen molar-refractivity contribution in [3.05, 3.63) is 47.7 Å². The quantitative estimate of drug-likeness (QED) is 0.821. The van der Waals surface area contributed by atoms with Gasteiger partial charge in [0, 0.05) is 18.2 Å². The van der Waals surface area contributed by atoms with Gasteiger partial charge in [-0.05, 0) is 30.4 Å². The Hall–Kier alpha value is -1.24. The summed E-state index contributed by atoms with van der Waals surface area (Å²) < 4.78 is 0. The minimum atomic E-state index is 0.680. The Morgan fingerprint density at radius 1 is 1.35 bits per heavy atom. The van der Waals surface area contributed by atoms with Crippen molar-refractivity contribution in [2.45, 2.75) is 39.7 Å². The zero-order valence-corrected chi connectivity index (χ0v) is 11.0. The molecular formula is C16H23N. The number of aryl methyl sites for hydroxylation is 1. The number of hydrogen-bond acceptors (Lipinski definition) is 1. The van der Waals surface area contributed by atoms with Crippen LogP contribution >= 0.6 is 0 Å². The smallest absolute Gasteiger partial charge is 0.0400 e. The lowest BCUT2D eigenvalue weighted by molar-refractivity contribution is 0.453. The monoisotopic (exact) mass is 229 g/mol. The molecule has 1 aliphatic rings. The second kappa shape index (κ2) is 5.39. The van der Waals surface area contributed by atoms with Crippen LogP contribution in [0.25, 0.3) is 0 Å². The van der Waals surface area contributed by atoms with E-state index < -0.39 is 0 Å². The molecule has 1 nitrogen and oxygen atoms in total. The average Bonchev–Trinajstić information content (AvgIpc) is 2.74. The summed E-state index contributed by atoms with van der Waals surface area (Å²) >= 11 is 0. The molecule has 0 amide bonds. The third-order valence-corrected chi connectivity index (χ3v) is 4.08. The first-order valence-corrected chi connectivity index (χ1v) is 6.65. The summed E-state index contributed by atoms with van der Waals surface area (Å²) in [7, 11) is 0. The van der Waals surface area contributed by atoms with Gasteiger partial charge < -0.3 is 5.32 Å². The molecule has 1 fully saturated rings. The highest BCUT2D eigenvalue weighted by Gasteiger charge is 2.25. The predicted molar refractivity (Wildman–Crippen MR) is 73.7 cm³/mol. The van der Waals surface area contributed by atoms with Crippen LogP contribution in [0.2, 0.25) is 0 Å². The third-order valence-electron chi connectivity index (χ3n) is 4.08. The van der Waals surface area contributed by atoms with Crippen LogP contribution in [-0.4, -0.2) is 0 Å². The molecule has 92 valence electrons. The number of allylic oxidation sites excluding steroid dienone is 1. The first-order chi connectivity index (χ1) is 8.18. The second-order valence-corrected chi connectivity index (χ2v) is 5.32. The molecule has 0 spiro atoms. The van der Waals surface area contributed by atoms with Crippen LogP contribution in [0.5, 0.6) is 0 Å². The largest absolute Gasteiger partial charge is 0.384 e. The standard InChI is InChI=1S/C16H23N/c1-12-7-4-5-9-15(12)11-17-14(3)16-10-6-8-13(16)2/h4-5,7,9,13,16-17H,3,6,8,10-11H2,1-2H3. The molecule has 1 N–H and O–H groups in total. The van der Waals surface area contributed by atoms with Gasteiger partial charge in [-0.25, -0.2) is 0 Å². The van der Waals surface area contributed by atoms with Gasteiger partial charge in [0.25, 0.3) is 0 Å². The first-order valence-electron chi connectivity index (χ1n) is 6.65. The predicted octanol–water partition coefficient (Wildman–Crippen LogP) is 4.03. The van der Waals surface area contributed by atoms with E-state index in [4.69, 9.17) is 0 Å². The molecule has 17 heavy (non-hydrogen) atoms. The zero-order valence-electron chi connectivity index (χ0n) is 11.0. The van der Waals surface area contributed by atoms with Gasteiger partial charge in [-0.15, -0.1) is 0 Å². The lowest BCUT2D eigenvalue weighted by atomic mass is 9.95. The summed E-state index contributed by atoms with van der Waals surface area (Å²) in [5.74, 6) is 1.48. The Kier molecular flexibility index (Phi) is 3.88. The Labute approximate surface area is 105 Å². The number of nitrogens with one attached hydrogen (secondary N) is 1. The normalized spacial score (nSPS) is 23.6. The molecule has 1 saturated carbocycles. The Morgan fingerprint density at radius 3 is 2.76 bits per heavy atom. The minimum Gasteiger partial charge on any atom is -0.384 e. The van der Waals surface area contributed by atoms with Crippen LogP contribution < -0.4 is 5.32 Å². The molecule has 1 aliphatic carbocycles. The average molecular weight is 229 g/mol. The minimum absolute atomic E-state index is 0.680. The van der Waals surface area contributed by atoms with E-state index in [1.165, 1.54) is 36.1 Å². The van der Waals surface area contributed by atoms with Gasteiger partial charge in [0.1, 0.15) is 0 Å². The SMILES string of the molecule is C=C(NCc1ccccc1C)C1CCCC1C. The fourth-order valence-corrected chi connectivity index (χ4v) is 2.81. The molecule has 0 aromatic heterocycles. The highest BCUT2D eigenvalue weighted by Crippen LogP contribution is 2.34. The summed E-state index contributed by atoms with van der Waals surface area (Å²) in [5, 5.41) is 3.52. The van der Waals surface area contributed by atoms with Crippen molar-refractivity contribution in [1.29, 1.82) is 0 Å². The maximum atomic E-state index is 4.22. The Balaban J connectivity index is 1.90. The van der Waals surface area contributed by atoms with Crippen molar-refractivity contribution in [1.82, 2.24) is 5.32 Å². The van der Waals surface area contributed by atoms with Crippen molar-refractivity contribution < 1.29 is 0 Å². The van der Waals surface area contributed by atoms with Gasteiger partial charge in [-0.2, -0.15) is 0 Å². The lowest BCUT2D eigenvalue weighted by Gasteiger charge is -2.20. The molecule has 2 rings (SSSR count). The molecule has 0 radical (unpaired) electrons. The van der Waals surface area contributed by atoms with E-state index in [2.05, 4.69) is 50.0 Å². The first kappa shape index (κ1) is 12.2. The molecule has 0 saturated heterocycles. The topological polar surface area (TPSA) is 12.0 Å². The molecule has 1 aromatic carbocycles. The molecule has 0 heterocycles. The summed E-state index contributed by atoms with van der Waals surface area (Å²) in [5.41, 5.74) is 3.96. The molecule has 2 unspecified atom stereocenters. The van der Waals surface area contributed by atoms with E-state index in [0.29, 0.717) is 5.92 Å².